The molecule has 1 aromatic rings. The van der Waals surface area contributed by atoms with E-state index in [0.717, 1.165) is 11.3 Å². The van der Waals surface area contributed by atoms with Gasteiger partial charge in [0.05, 0.1) is 12.0 Å². The molecule has 0 spiro atoms. The van der Waals surface area contributed by atoms with Gasteiger partial charge in [-0.2, -0.15) is 0 Å². The van der Waals surface area contributed by atoms with Crippen molar-refractivity contribution < 1.29 is 4.79 Å². The van der Waals surface area contributed by atoms with Gasteiger partial charge >= 0.3 is 0 Å². The zero-order valence-corrected chi connectivity index (χ0v) is 12.1. The zero-order chi connectivity index (χ0) is 13.1. The van der Waals surface area contributed by atoms with Crippen LogP contribution in [0.15, 0.2) is 18.2 Å². The van der Waals surface area contributed by atoms with E-state index in [1.54, 1.807) is 0 Å². The molecule has 0 heterocycles. The lowest BCUT2D eigenvalue weighted by Crippen LogP contribution is -2.16. The van der Waals surface area contributed by atoms with Gasteiger partial charge in [0.15, 0.2) is 5.78 Å². The van der Waals surface area contributed by atoms with Crippen LogP contribution in [0.4, 0.5) is 5.69 Å². The van der Waals surface area contributed by atoms with Crippen molar-refractivity contribution in [1.29, 1.82) is 0 Å². The summed E-state index contributed by atoms with van der Waals surface area (Å²) in [5, 5.41) is 3.39. The molecule has 0 saturated carbocycles. The van der Waals surface area contributed by atoms with Crippen LogP contribution in [-0.2, 0) is 5.41 Å². The van der Waals surface area contributed by atoms with E-state index in [1.807, 2.05) is 18.2 Å². The standard InChI is InChI=1S/C13H19BrN2O/c1-13(2,3)10-4-9(12(17)7-14)5-11(6-10)16-8-15/h4-6,16H,7-8,15H2,1-3H3. The van der Waals surface area contributed by atoms with Crippen LogP contribution >= 0.6 is 15.9 Å². The molecule has 0 aliphatic carbocycles. The van der Waals surface area contributed by atoms with E-state index < -0.39 is 0 Å². The van der Waals surface area contributed by atoms with E-state index >= 15 is 0 Å². The number of anilines is 1. The SMILES string of the molecule is CC(C)(C)c1cc(NCN)cc(C(=O)CBr)c1. The summed E-state index contributed by atoms with van der Waals surface area (Å²) in [6.07, 6.45) is 0. The van der Waals surface area contributed by atoms with Crippen LogP contribution in [0.2, 0.25) is 0 Å². The van der Waals surface area contributed by atoms with Crippen molar-refractivity contribution in [2.24, 2.45) is 5.73 Å². The van der Waals surface area contributed by atoms with Crippen molar-refractivity contribution in [3.8, 4) is 0 Å². The molecule has 0 unspecified atom stereocenters. The number of carbonyl (C=O) groups is 1. The second kappa shape index (κ2) is 5.65. The molecule has 94 valence electrons. The molecule has 0 bridgehead atoms. The van der Waals surface area contributed by atoms with Crippen LogP contribution in [0.25, 0.3) is 0 Å². The van der Waals surface area contributed by atoms with Crippen molar-refractivity contribution in [1.82, 2.24) is 0 Å². The van der Waals surface area contributed by atoms with Gasteiger partial charge in [0.25, 0.3) is 0 Å². The Balaban J connectivity index is 3.23. The number of rotatable bonds is 4. The van der Waals surface area contributed by atoms with E-state index in [1.165, 1.54) is 0 Å². The highest BCUT2D eigenvalue weighted by Crippen LogP contribution is 2.26. The average Bonchev–Trinajstić information content (AvgIpc) is 2.27. The average molecular weight is 299 g/mol. The van der Waals surface area contributed by atoms with Crippen molar-refractivity contribution in [3.63, 3.8) is 0 Å². The molecule has 4 heteroatoms. The lowest BCUT2D eigenvalue weighted by atomic mass is 9.85. The summed E-state index contributed by atoms with van der Waals surface area (Å²) >= 11 is 3.20. The van der Waals surface area contributed by atoms with Gasteiger partial charge in [-0.15, -0.1) is 0 Å². The molecule has 0 amide bonds. The van der Waals surface area contributed by atoms with Gasteiger partial charge in [-0.05, 0) is 29.2 Å². The molecular weight excluding hydrogens is 280 g/mol. The summed E-state index contributed by atoms with van der Waals surface area (Å²) < 4.78 is 0. The molecule has 3 nitrogen and oxygen atoms in total. The second-order valence-electron chi connectivity index (χ2n) is 4.99. The summed E-state index contributed by atoms with van der Waals surface area (Å²) in [4.78, 5) is 11.7. The number of ketones is 1. The largest absolute Gasteiger partial charge is 0.373 e. The summed E-state index contributed by atoms with van der Waals surface area (Å²) in [6.45, 7) is 6.72. The van der Waals surface area contributed by atoms with Crippen molar-refractivity contribution >= 4 is 27.4 Å². The highest BCUT2D eigenvalue weighted by molar-refractivity contribution is 9.09. The summed E-state index contributed by atoms with van der Waals surface area (Å²) in [5.41, 5.74) is 8.21. The maximum absolute atomic E-state index is 11.7. The Labute approximate surface area is 111 Å². The van der Waals surface area contributed by atoms with E-state index in [4.69, 9.17) is 5.73 Å². The third-order valence-electron chi connectivity index (χ3n) is 2.55. The number of benzene rings is 1. The first-order valence-electron chi connectivity index (χ1n) is 5.57. The molecular formula is C13H19BrN2O. The quantitative estimate of drug-likeness (QED) is 0.510. The molecule has 0 aromatic heterocycles. The Bertz CT molecular complexity index is 410. The van der Waals surface area contributed by atoms with Gasteiger partial charge in [0.1, 0.15) is 0 Å². The minimum atomic E-state index is 0.00757. The zero-order valence-electron chi connectivity index (χ0n) is 10.5. The maximum atomic E-state index is 11.7. The highest BCUT2D eigenvalue weighted by atomic mass is 79.9. The van der Waals surface area contributed by atoms with Crippen LogP contribution in [0.1, 0.15) is 36.7 Å². The number of alkyl halides is 1. The normalized spacial score (nSPS) is 11.4. The topological polar surface area (TPSA) is 55.1 Å². The Morgan fingerprint density at radius 3 is 2.47 bits per heavy atom. The fourth-order valence-electron chi connectivity index (χ4n) is 1.52. The lowest BCUT2D eigenvalue weighted by molar-refractivity contribution is 0.102. The fraction of sp³-hybridized carbons (Fsp3) is 0.462. The van der Waals surface area contributed by atoms with Gasteiger partial charge in [0.2, 0.25) is 0 Å². The van der Waals surface area contributed by atoms with E-state index in [-0.39, 0.29) is 11.2 Å². The van der Waals surface area contributed by atoms with Gasteiger partial charge in [-0.1, -0.05) is 36.7 Å². The Morgan fingerprint density at radius 2 is 2.00 bits per heavy atom. The van der Waals surface area contributed by atoms with Crippen molar-refractivity contribution in [2.75, 3.05) is 17.3 Å². The Morgan fingerprint density at radius 1 is 1.35 bits per heavy atom. The Hall–Kier alpha value is -0.870. The summed E-state index contributed by atoms with van der Waals surface area (Å²) in [6, 6.07) is 5.83. The molecule has 17 heavy (non-hydrogen) atoms. The number of Topliss-reactive ketones (excluding diaryl/α,β-unsaturated/α-hetero) is 1. The molecule has 0 aliphatic heterocycles. The molecule has 0 aliphatic rings. The second-order valence-corrected chi connectivity index (χ2v) is 5.55. The van der Waals surface area contributed by atoms with E-state index in [9.17, 15) is 4.79 Å². The number of hydrogen-bond acceptors (Lipinski definition) is 3. The van der Waals surface area contributed by atoms with Gasteiger partial charge < -0.3 is 11.1 Å². The molecule has 3 N–H and O–H groups in total. The number of carbonyl (C=O) groups excluding carboxylic acids is 1. The number of hydrogen-bond donors (Lipinski definition) is 2. The predicted octanol–water partition coefficient (Wildman–Crippen LogP) is 2.89. The Kier molecular flexibility index (Phi) is 4.71. The molecule has 0 atom stereocenters. The maximum Gasteiger partial charge on any atom is 0.173 e. The van der Waals surface area contributed by atoms with E-state index in [0.29, 0.717) is 17.6 Å². The van der Waals surface area contributed by atoms with Crippen LogP contribution in [-0.4, -0.2) is 17.8 Å². The molecule has 0 saturated heterocycles. The van der Waals surface area contributed by atoms with Crippen LogP contribution in [0.5, 0.6) is 0 Å². The third-order valence-corrected chi connectivity index (χ3v) is 3.06. The highest BCUT2D eigenvalue weighted by Gasteiger charge is 2.17. The summed E-state index contributed by atoms with van der Waals surface area (Å²) in [7, 11) is 0. The van der Waals surface area contributed by atoms with Crippen molar-refractivity contribution in [2.45, 2.75) is 26.2 Å². The van der Waals surface area contributed by atoms with Crippen LogP contribution in [0, 0.1) is 0 Å². The number of nitrogens with two attached hydrogens (primary N) is 1. The van der Waals surface area contributed by atoms with Gasteiger partial charge in [-0.3, -0.25) is 4.79 Å². The molecule has 1 aromatic carbocycles. The van der Waals surface area contributed by atoms with E-state index in [2.05, 4.69) is 42.0 Å². The van der Waals surface area contributed by atoms with Crippen LogP contribution < -0.4 is 11.1 Å². The van der Waals surface area contributed by atoms with Gasteiger partial charge in [0, 0.05) is 11.3 Å². The van der Waals surface area contributed by atoms with Crippen LogP contribution in [0.3, 0.4) is 0 Å². The molecule has 0 fully saturated rings. The summed E-state index contributed by atoms with van der Waals surface area (Å²) in [5.74, 6) is 0.0798. The van der Waals surface area contributed by atoms with Crippen molar-refractivity contribution in [3.05, 3.63) is 29.3 Å². The first-order valence-corrected chi connectivity index (χ1v) is 6.69. The first-order chi connectivity index (χ1) is 7.88. The predicted molar refractivity (Wildman–Crippen MR) is 75.9 cm³/mol. The fourth-order valence-corrected chi connectivity index (χ4v) is 1.84. The minimum absolute atomic E-state index is 0.00757. The number of nitrogens with one attached hydrogen (secondary N) is 1. The molecule has 0 radical (unpaired) electrons. The molecule has 1 rings (SSSR count). The third kappa shape index (κ3) is 3.82. The first kappa shape index (κ1) is 14.2. The van der Waals surface area contributed by atoms with Gasteiger partial charge in [-0.25, -0.2) is 0 Å². The number of halogens is 1. The minimum Gasteiger partial charge on any atom is -0.373 e. The smallest absolute Gasteiger partial charge is 0.173 e. The monoisotopic (exact) mass is 298 g/mol. The lowest BCUT2D eigenvalue weighted by Gasteiger charge is -2.21.